The van der Waals surface area contributed by atoms with Gasteiger partial charge in [-0.1, -0.05) is 23.4 Å². The largest absolute Gasteiger partial charge is 0.285 e. The summed E-state index contributed by atoms with van der Waals surface area (Å²) in [6.45, 7) is 1.85. The smallest absolute Gasteiger partial charge is 0.231 e. The first kappa shape index (κ1) is 12.3. The number of rotatable bonds is 3. The fraction of sp³-hybridized carbons (Fsp3) is 0.143. The summed E-state index contributed by atoms with van der Waals surface area (Å²) < 4.78 is 3.10. The standard InChI is InChI=1S/C14H13N5O/c1-10-8-12(18(2)16-10)14(20)13-9-15-17-19(13)11-6-4-3-5-7-11/h3-9H,1-2H3. The highest BCUT2D eigenvalue weighted by molar-refractivity contribution is 6.06. The fourth-order valence-corrected chi connectivity index (χ4v) is 2.10. The van der Waals surface area contributed by atoms with E-state index in [1.807, 2.05) is 37.3 Å². The quantitative estimate of drug-likeness (QED) is 0.675. The van der Waals surface area contributed by atoms with E-state index >= 15 is 0 Å². The van der Waals surface area contributed by atoms with Gasteiger partial charge >= 0.3 is 0 Å². The average molecular weight is 267 g/mol. The number of carbonyl (C=O) groups excluding carboxylic acids is 1. The van der Waals surface area contributed by atoms with Crippen LogP contribution >= 0.6 is 0 Å². The molecule has 0 spiro atoms. The third kappa shape index (κ3) is 2.01. The van der Waals surface area contributed by atoms with E-state index < -0.39 is 0 Å². The van der Waals surface area contributed by atoms with Crippen molar-refractivity contribution in [3.8, 4) is 5.69 Å². The second-order valence-electron chi connectivity index (χ2n) is 4.49. The zero-order valence-corrected chi connectivity index (χ0v) is 11.2. The van der Waals surface area contributed by atoms with Crippen LogP contribution in [0, 0.1) is 6.92 Å². The predicted octanol–water partition coefficient (Wildman–Crippen LogP) is 1.54. The Morgan fingerprint density at radius 1 is 1.15 bits per heavy atom. The lowest BCUT2D eigenvalue weighted by Gasteiger charge is -2.05. The molecule has 0 aliphatic rings. The van der Waals surface area contributed by atoms with Gasteiger partial charge in [0.1, 0.15) is 11.4 Å². The van der Waals surface area contributed by atoms with Crippen LogP contribution in [0.25, 0.3) is 5.69 Å². The molecule has 6 heteroatoms. The van der Waals surface area contributed by atoms with Gasteiger partial charge in [0.2, 0.25) is 5.78 Å². The van der Waals surface area contributed by atoms with Crippen molar-refractivity contribution in [1.82, 2.24) is 24.8 Å². The Morgan fingerprint density at radius 2 is 1.90 bits per heavy atom. The summed E-state index contributed by atoms with van der Waals surface area (Å²) in [6.07, 6.45) is 1.47. The lowest BCUT2D eigenvalue weighted by Crippen LogP contribution is -2.13. The third-order valence-electron chi connectivity index (χ3n) is 3.02. The number of aromatic nitrogens is 5. The van der Waals surface area contributed by atoms with Crippen LogP contribution in [0.3, 0.4) is 0 Å². The maximum absolute atomic E-state index is 12.6. The summed E-state index contributed by atoms with van der Waals surface area (Å²) in [5.74, 6) is -0.151. The van der Waals surface area contributed by atoms with E-state index in [-0.39, 0.29) is 5.78 Å². The molecule has 0 atom stereocenters. The molecule has 1 aromatic carbocycles. The maximum Gasteiger partial charge on any atom is 0.231 e. The normalized spacial score (nSPS) is 10.7. The van der Waals surface area contributed by atoms with Gasteiger partial charge in [0, 0.05) is 7.05 Å². The number of benzene rings is 1. The lowest BCUT2D eigenvalue weighted by atomic mass is 10.2. The SMILES string of the molecule is Cc1cc(C(=O)c2cnnn2-c2ccccc2)n(C)n1. The van der Waals surface area contributed by atoms with Crippen molar-refractivity contribution in [2.75, 3.05) is 0 Å². The Balaban J connectivity index is 2.06. The summed E-state index contributed by atoms with van der Waals surface area (Å²) in [7, 11) is 1.75. The number of carbonyl (C=O) groups is 1. The highest BCUT2D eigenvalue weighted by Gasteiger charge is 2.19. The summed E-state index contributed by atoms with van der Waals surface area (Å²) in [5.41, 5.74) is 2.53. The zero-order chi connectivity index (χ0) is 14.1. The summed E-state index contributed by atoms with van der Waals surface area (Å²) in [6, 6.07) is 11.2. The van der Waals surface area contributed by atoms with Crippen LogP contribution in [0.15, 0.2) is 42.6 Å². The van der Waals surface area contributed by atoms with E-state index in [0.717, 1.165) is 11.4 Å². The van der Waals surface area contributed by atoms with Crippen LogP contribution in [0.2, 0.25) is 0 Å². The van der Waals surface area contributed by atoms with Crippen molar-refractivity contribution in [1.29, 1.82) is 0 Å². The second-order valence-corrected chi connectivity index (χ2v) is 4.49. The molecule has 3 rings (SSSR count). The molecule has 2 heterocycles. The monoisotopic (exact) mass is 267 g/mol. The van der Waals surface area contributed by atoms with Gasteiger partial charge in [-0.3, -0.25) is 9.48 Å². The van der Waals surface area contributed by atoms with Crippen molar-refractivity contribution in [3.63, 3.8) is 0 Å². The zero-order valence-electron chi connectivity index (χ0n) is 11.2. The molecule has 0 bridgehead atoms. The molecule has 0 fully saturated rings. The van der Waals surface area contributed by atoms with Crippen LogP contribution in [-0.4, -0.2) is 30.6 Å². The van der Waals surface area contributed by atoms with Crippen LogP contribution < -0.4 is 0 Å². The Bertz CT molecular complexity index is 757. The first-order valence-corrected chi connectivity index (χ1v) is 6.18. The second kappa shape index (κ2) is 4.73. The molecule has 2 aromatic heterocycles. The topological polar surface area (TPSA) is 65.6 Å². The molecule has 6 nitrogen and oxygen atoms in total. The number of hydrogen-bond donors (Lipinski definition) is 0. The van der Waals surface area contributed by atoms with Crippen molar-refractivity contribution < 1.29 is 4.79 Å². The van der Waals surface area contributed by atoms with E-state index in [4.69, 9.17) is 0 Å². The Hall–Kier alpha value is -2.76. The molecule has 0 saturated heterocycles. The van der Waals surface area contributed by atoms with Gasteiger partial charge in [-0.2, -0.15) is 5.10 Å². The van der Waals surface area contributed by atoms with E-state index in [9.17, 15) is 4.79 Å². The minimum atomic E-state index is -0.151. The van der Waals surface area contributed by atoms with Crippen molar-refractivity contribution in [2.24, 2.45) is 7.05 Å². The maximum atomic E-state index is 12.6. The third-order valence-corrected chi connectivity index (χ3v) is 3.02. The van der Waals surface area contributed by atoms with Gasteiger partial charge in [-0.05, 0) is 25.1 Å². The Kier molecular flexibility index (Phi) is 2.90. The van der Waals surface area contributed by atoms with Crippen molar-refractivity contribution >= 4 is 5.78 Å². The van der Waals surface area contributed by atoms with Gasteiger partial charge < -0.3 is 0 Å². The first-order chi connectivity index (χ1) is 9.66. The minimum absolute atomic E-state index is 0.151. The number of aryl methyl sites for hydroxylation is 2. The number of hydrogen-bond acceptors (Lipinski definition) is 4. The van der Waals surface area contributed by atoms with Gasteiger partial charge in [0.05, 0.1) is 17.6 Å². The molecule has 0 unspecified atom stereocenters. The molecule has 0 amide bonds. The summed E-state index contributed by atoms with van der Waals surface area (Å²) in [5, 5.41) is 12.0. The summed E-state index contributed by atoms with van der Waals surface area (Å²) in [4.78, 5) is 12.6. The van der Waals surface area contributed by atoms with E-state index in [2.05, 4.69) is 15.4 Å². The van der Waals surface area contributed by atoms with Crippen molar-refractivity contribution in [3.05, 3.63) is 59.7 Å². The molecule has 20 heavy (non-hydrogen) atoms. The van der Waals surface area contributed by atoms with Crippen LogP contribution in [0.5, 0.6) is 0 Å². The van der Waals surface area contributed by atoms with E-state index in [1.165, 1.54) is 10.9 Å². The molecule has 0 aliphatic carbocycles. The molecular weight excluding hydrogens is 254 g/mol. The first-order valence-electron chi connectivity index (χ1n) is 6.18. The number of para-hydroxylation sites is 1. The Labute approximate surface area is 115 Å². The van der Waals surface area contributed by atoms with E-state index in [0.29, 0.717) is 11.4 Å². The average Bonchev–Trinajstić information content (AvgIpc) is 3.05. The summed E-state index contributed by atoms with van der Waals surface area (Å²) >= 11 is 0. The molecule has 0 radical (unpaired) electrons. The molecule has 3 aromatic rings. The highest BCUT2D eigenvalue weighted by atomic mass is 16.1. The van der Waals surface area contributed by atoms with Gasteiger partial charge in [-0.15, -0.1) is 5.10 Å². The molecule has 0 saturated carbocycles. The van der Waals surface area contributed by atoms with Crippen LogP contribution in [0.4, 0.5) is 0 Å². The van der Waals surface area contributed by atoms with Crippen LogP contribution in [-0.2, 0) is 7.05 Å². The molecule has 0 aliphatic heterocycles. The van der Waals surface area contributed by atoms with Crippen LogP contribution in [0.1, 0.15) is 21.9 Å². The van der Waals surface area contributed by atoms with Gasteiger partial charge in [0.25, 0.3) is 0 Å². The fourth-order valence-electron chi connectivity index (χ4n) is 2.10. The van der Waals surface area contributed by atoms with Gasteiger partial charge in [-0.25, -0.2) is 4.68 Å². The van der Waals surface area contributed by atoms with Crippen molar-refractivity contribution in [2.45, 2.75) is 6.92 Å². The molecule has 0 N–H and O–H groups in total. The lowest BCUT2D eigenvalue weighted by molar-refractivity contribution is 0.102. The van der Waals surface area contributed by atoms with Gasteiger partial charge in [0.15, 0.2) is 0 Å². The number of nitrogens with zero attached hydrogens (tertiary/aromatic N) is 5. The molecular formula is C14H13N5O. The molecule has 100 valence electrons. The van der Waals surface area contributed by atoms with E-state index in [1.54, 1.807) is 17.8 Å². The predicted molar refractivity (Wildman–Crippen MR) is 72.7 cm³/mol. The number of ketones is 1. The highest BCUT2D eigenvalue weighted by Crippen LogP contribution is 2.13. The minimum Gasteiger partial charge on any atom is -0.285 e. The Morgan fingerprint density at radius 3 is 2.55 bits per heavy atom.